The van der Waals surface area contributed by atoms with Crippen LogP contribution in [-0.4, -0.2) is 14.7 Å². The number of hydrogen-bond acceptors (Lipinski definition) is 3. The van der Waals surface area contributed by atoms with Crippen LogP contribution in [0.5, 0.6) is 0 Å². The van der Waals surface area contributed by atoms with Gasteiger partial charge in [-0.15, -0.1) is 0 Å². The first-order valence-corrected chi connectivity index (χ1v) is 8.49. The Morgan fingerprint density at radius 3 is 2.29 bits per heavy atom. The second kappa shape index (κ2) is 5.85. The number of nitrogens with one attached hydrogen (secondary N) is 1. The van der Waals surface area contributed by atoms with E-state index in [1.165, 1.54) is 18.2 Å². The molecule has 21 heavy (non-hydrogen) atoms. The summed E-state index contributed by atoms with van der Waals surface area (Å²) in [6, 6.07) is 11.5. The minimum Gasteiger partial charge on any atom is -0.376 e. The standard InChI is InChI=1S/C16H18FNO2S/c1-11-4-6-13(7-5-11)12(2)18-16-10-14(21(3,19)20)8-9-15(16)17/h4-10,12,18H,1-3H3. The van der Waals surface area contributed by atoms with Crippen molar-refractivity contribution in [3.05, 3.63) is 59.4 Å². The molecular weight excluding hydrogens is 289 g/mol. The number of benzene rings is 2. The molecule has 3 nitrogen and oxygen atoms in total. The van der Waals surface area contributed by atoms with Crippen molar-refractivity contribution in [2.45, 2.75) is 24.8 Å². The monoisotopic (exact) mass is 307 g/mol. The van der Waals surface area contributed by atoms with Gasteiger partial charge in [0.2, 0.25) is 0 Å². The van der Waals surface area contributed by atoms with Crippen molar-refractivity contribution in [1.82, 2.24) is 0 Å². The summed E-state index contributed by atoms with van der Waals surface area (Å²) in [6.07, 6.45) is 1.10. The van der Waals surface area contributed by atoms with E-state index in [4.69, 9.17) is 0 Å². The van der Waals surface area contributed by atoms with Crippen molar-refractivity contribution in [1.29, 1.82) is 0 Å². The average molecular weight is 307 g/mol. The van der Waals surface area contributed by atoms with E-state index in [1.54, 1.807) is 0 Å². The van der Waals surface area contributed by atoms with Crippen LogP contribution in [0.15, 0.2) is 47.4 Å². The predicted molar refractivity (Wildman–Crippen MR) is 82.7 cm³/mol. The van der Waals surface area contributed by atoms with Crippen LogP contribution >= 0.6 is 0 Å². The van der Waals surface area contributed by atoms with Gasteiger partial charge in [0.1, 0.15) is 5.82 Å². The number of anilines is 1. The number of hydrogen-bond donors (Lipinski definition) is 1. The lowest BCUT2D eigenvalue weighted by atomic mass is 10.1. The van der Waals surface area contributed by atoms with E-state index >= 15 is 0 Å². The fourth-order valence-corrected chi connectivity index (χ4v) is 2.66. The molecule has 0 fully saturated rings. The summed E-state index contributed by atoms with van der Waals surface area (Å²) in [7, 11) is -3.35. The van der Waals surface area contributed by atoms with E-state index in [9.17, 15) is 12.8 Å². The van der Waals surface area contributed by atoms with Gasteiger partial charge >= 0.3 is 0 Å². The second-order valence-corrected chi connectivity index (χ2v) is 7.21. The molecule has 0 radical (unpaired) electrons. The molecule has 0 spiro atoms. The van der Waals surface area contributed by atoms with Crippen LogP contribution in [0.2, 0.25) is 0 Å². The van der Waals surface area contributed by atoms with Crippen LogP contribution in [0.25, 0.3) is 0 Å². The maximum atomic E-state index is 13.8. The zero-order valence-corrected chi connectivity index (χ0v) is 13.0. The molecule has 0 saturated heterocycles. The van der Waals surface area contributed by atoms with Crippen LogP contribution in [-0.2, 0) is 9.84 Å². The molecule has 0 aliphatic carbocycles. The molecule has 1 unspecified atom stereocenters. The van der Waals surface area contributed by atoms with Gasteiger partial charge in [-0.25, -0.2) is 12.8 Å². The van der Waals surface area contributed by atoms with Crippen LogP contribution in [0, 0.1) is 12.7 Å². The quantitative estimate of drug-likeness (QED) is 0.876. The van der Waals surface area contributed by atoms with Crippen molar-refractivity contribution in [2.75, 3.05) is 11.6 Å². The first-order valence-electron chi connectivity index (χ1n) is 6.60. The lowest BCUT2D eigenvalue weighted by molar-refractivity contribution is 0.600. The van der Waals surface area contributed by atoms with Gasteiger partial charge in [-0.1, -0.05) is 29.8 Å². The number of halogens is 1. The van der Waals surface area contributed by atoms with Crippen molar-refractivity contribution < 1.29 is 12.8 Å². The molecule has 2 rings (SSSR count). The SMILES string of the molecule is Cc1ccc(C(C)Nc2cc(S(C)(=O)=O)ccc2F)cc1. The molecule has 0 saturated carbocycles. The van der Waals surface area contributed by atoms with Gasteiger partial charge in [-0.3, -0.25) is 0 Å². The highest BCUT2D eigenvalue weighted by atomic mass is 32.2. The number of aryl methyl sites for hydroxylation is 1. The van der Waals surface area contributed by atoms with Gasteiger partial charge in [0.25, 0.3) is 0 Å². The minimum atomic E-state index is -3.35. The molecule has 0 aliphatic heterocycles. The van der Waals surface area contributed by atoms with E-state index in [1.807, 2.05) is 38.1 Å². The molecule has 5 heteroatoms. The fraction of sp³-hybridized carbons (Fsp3) is 0.250. The Morgan fingerprint density at radius 1 is 1.10 bits per heavy atom. The lowest BCUT2D eigenvalue weighted by Crippen LogP contribution is -2.09. The summed E-state index contributed by atoms with van der Waals surface area (Å²) in [5.41, 5.74) is 2.34. The van der Waals surface area contributed by atoms with E-state index in [2.05, 4.69) is 5.32 Å². The topological polar surface area (TPSA) is 46.2 Å². The third-order valence-corrected chi connectivity index (χ3v) is 4.43. The number of rotatable bonds is 4. The highest BCUT2D eigenvalue weighted by molar-refractivity contribution is 7.90. The molecule has 0 amide bonds. The normalized spacial score (nSPS) is 13.0. The van der Waals surface area contributed by atoms with E-state index in [-0.39, 0.29) is 16.6 Å². The van der Waals surface area contributed by atoms with Crippen LogP contribution in [0.4, 0.5) is 10.1 Å². The highest BCUT2D eigenvalue weighted by Crippen LogP contribution is 2.24. The lowest BCUT2D eigenvalue weighted by Gasteiger charge is -2.17. The molecule has 112 valence electrons. The second-order valence-electron chi connectivity index (χ2n) is 5.19. The van der Waals surface area contributed by atoms with Crippen LogP contribution in [0.3, 0.4) is 0 Å². The van der Waals surface area contributed by atoms with E-state index in [0.29, 0.717) is 0 Å². The molecule has 1 N–H and O–H groups in total. The van der Waals surface area contributed by atoms with Crippen molar-refractivity contribution in [3.8, 4) is 0 Å². The molecule has 0 aromatic heterocycles. The van der Waals surface area contributed by atoms with E-state index in [0.717, 1.165) is 17.4 Å². The molecule has 2 aromatic rings. The Bertz CT molecular complexity index is 739. The Kier molecular flexibility index (Phi) is 4.32. The molecule has 1 atom stereocenters. The Morgan fingerprint density at radius 2 is 1.71 bits per heavy atom. The largest absolute Gasteiger partial charge is 0.376 e. The summed E-state index contributed by atoms with van der Waals surface area (Å²) in [6.45, 7) is 3.90. The summed E-state index contributed by atoms with van der Waals surface area (Å²) in [5.74, 6) is -0.471. The van der Waals surface area contributed by atoms with Gasteiger partial charge in [-0.05, 0) is 37.6 Å². The smallest absolute Gasteiger partial charge is 0.175 e. The molecule has 2 aromatic carbocycles. The van der Waals surface area contributed by atoms with Gasteiger partial charge in [0, 0.05) is 12.3 Å². The maximum Gasteiger partial charge on any atom is 0.175 e. The maximum absolute atomic E-state index is 13.8. The van der Waals surface area contributed by atoms with Crippen LogP contribution < -0.4 is 5.32 Å². The molecule has 0 aliphatic rings. The van der Waals surface area contributed by atoms with Crippen molar-refractivity contribution in [3.63, 3.8) is 0 Å². The average Bonchev–Trinajstić information content (AvgIpc) is 2.40. The predicted octanol–water partition coefficient (Wildman–Crippen LogP) is 3.71. The summed E-state index contributed by atoms with van der Waals surface area (Å²) < 4.78 is 36.9. The molecule has 0 heterocycles. The van der Waals surface area contributed by atoms with Crippen LogP contribution in [0.1, 0.15) is 24.1 Å². The third kappa shape index (κ3) is 3.82. The first kappa shape index (κ1) is 15.5. The number of sulfone groups is 1. The first-order chi connectivity index (χ1) is 9.77. The minimum absolute atomic E-state index is 0.0995. The Balaban J connectivity index is 2.28. The third-order valence-electron chi connectivity index (χ3n) is 3.32. The van der Waals surface area contributed by atoms with Crippen molar-refractivity contribution >= 4 is 15.5 Å². The van der Waals surface area contributed by atoms with E-state index < -0.39 is 15.7 Å². The van der Waals surface area contributed by atoms with Crippen molar-refractivity contribution in [2.24, 2.45) is 0 Å². The van der Waals surface area contributed by atoms with Gasteiger partial charge in [-0.2, -0.15) is 0 Å². The van der Waals surface area contributed by atoms with Gasteiger partial charge < -0.3 is 5.32 Å². The highest BCUT2D eigenvalue weighted by Gasteiger charge is 2.13. The Labute approximate surface area is 124 Å². The summed E-state index contributed by atoms with van der Waals surface area (Å²) in [4.78, 5) is 0.0995. The Hall–Kier alpha value is -1.88. The zero-order chi connectivity index (χ0) is 15.6. The summed E-state index contributed by atoms with van der Waals surface area (Å²) >= 11 is 0. The molecule has 0 bridgehead atoms. The fourth-order valence-electron chi connectivity index (χ4n) is 2.02. The molecular formula is C16H18FNO2S. The van der Waals surface area contributed by atoms with Gasteiger partial charge in [0.05, 0.1) is 10.6 Å². The zero-order valence-electron chi connectivity index (χ0n) is 12.2. The van der Waals surface area contributed by atoms with Gasteiger partial charge in [0.15, 0.2) is 9.84 Å². The summed E-state index contributed by atoms with van der Waals surface area (Å²) in [5, 5.41) is 3.02.